The first kappa shape index (κ1) is 21.5. The van der Waals surface area contributed by atoms with Gasteiger partial charge < -0.3 is 9.64 Å². The summed E-state index contributed by atoms with van der Waals surface area (Å²) in [6, 6.07) is 16.5. The van der Waals surface area contributed by atoms with Gasteiger partial charge in [0.25, 0.3) is 5.91 Å². The summed E-state index contributed by atoms with van der Waals surface area (Å²) >= 11 is 7.81. The van der Waals surface area contributed by atoms with Gasteiger partial charge >= 0.3 is 5.97 Å². The summed E-state index contributed by atoms with van der Waals surface area (Å²) in [6.07, 6.45) is 0. The number of hydrogen-bond acceptors (Lipinski definition) is 6. The molecule has 2 aromatic carbocycles. The molecule has 1 fully saturated rings. The number of halogens is 1. The van der Waals surface area contributed by atoms with Crippen molar-refractivity contribution in [3.63, 3.8) is 0 Å². The lowest BCUT2D eigenvalue weighted by molar-refractivity contribution is -0.148. The third-order valence-electron chi connectivity index (χ3n) is 5.33. The average Bonchev–Trinajstić information content (AvgIpc) is 3.31. The van der Waals surface area contributed by atoms with E-state index in [-0.39, 0.29) is 11.9 Å². The SMILES string of the molecule is COC(=O)[C@H](c1ccccc1Cl)N1CCN(C(=O)c2csc(-c3ccccc3)n2)CC1. The number of methoxy groups -OCH3 is 1. The van der Waals surface area contributed by atoms with Crippen molar-refractivity contribution < 1.29 is 14.3 Å². The quantitative estimate of drug-likeness (QED) is 0.541. The summed E-state index contributed by atoms with van der Waals surface area (Å²) in [4.78, 5) is 33.8. The topological polar surface area (TPSA) is 62.7 Å². The lowest BCUT2D eigenvalue weighted by atomic mass is 10.0. The van der Waals surface area contributed by atoms with E-state index in [2.05, 4.69) is 4.98 Å². The van der Waals surface area contributed by atoms with Gasteiger partial charge in [0.05, 0.1) is 7.11 Å². The van der Waals surface area contributed by atoms with E-state index in [0.29, 0.717) is 42.5 Å². The summed E-state index contributed by atoms with van der Waals surface area (Å²) in [5, 5.41) is 3.15. The van der Waals surface area contributed by atoms with Crippen LogP contribution in [-0.4, -0.2) is 59.9 Å². The number of thiazole rings is 1. The van der Waals surface area contributed by atoms with E-state index < -0.39 is 6.04 Å². The lowest BCUT2D eigenvalue weighted by Gasteiger charge is -2.38. The van der Waals surface area contributed by atoms with Gasteiger partial charge in [-0.2, -0.15) is 0 Å². The third-order valence-corrected chi connectivity index (χ3v) is 6.57. The standard InChI is InChI=1S/C23H22ClN3O3S/c1-30-23(29)20(17-9-5-6-10-18(17)24)26-11-13-27(14-12-26)22(28)19-15-31-21(25-19)16-7-3-2-4-8-16/h2-10,15,20H,11-14H2,1H3/t20-/m0/s1. The Morgan fingerprint density at radius 2 is 1.71 bits per heavy atom. The highest BCUT2D eigenvalue weighted by Crippen LogP contribution is 2.30. The Balaban J connectivity index is 1.45. The maximum atomic E-state index is 13.0. The molecule has 160 valence electrons. The Morgan fingerprint density at radius 1 is 1.03 bits per heavy atom. The largest absolute Gasteiger partial charge is 0.468 e. The van der Waals surface area contributed by atoms with Crippen LogP contribution >= 0.6 is 22.9 Å². The number of carbonyl (C=O) groups is 2. The van der Waals surface area contributed by atoms with Crippen molar-refractivity contribution in [3.8, 4) is 10.6 Å². The van der Waals surface area contributed by atoms with Gasteiger partial charge in [-0.25, -0.2) is 9.78 Å². The van der Waals surface area contributed by atoms with Crippen molar-refractivity contribution >= 4 is 34.8 Å². The Bertz CT molecular complexity index is 1060. The smallest absolute Gasteiger partial charge is 0.327 e. The van der Waals surface area contributed by atoms with Crippen LogP contribution in [-0.2, 0) is 9.53 Å². The monoisotopic (exact) mass is 455 g/mol. The highest BCUT2D eigenvalue weighted by Gasteiger charge is 2.34. The second-order valence-corrected chi connectivity index (χ2v) is 8.44. The Hall–Kier alpha value is -2.74. The molecule has 8 heteroatoms. The van der Waals surface area contributed by atoms with Crippen molar-refractivity contribution in [2.75, 3.05) is 33.3 Å². The van der Waals surface area contributed by atoms with Crippen LogP contribution in [0.4, 0.5) is 0 Å². The first-order chi connectivity index (χ1) is 15.1. The summed E-state index contributed by atoms with van der Waals surface area (Å²) < 4.78 is 5.03. The molecule has 1 aliphatic heterocycles. The number of benzene rings is 2. The van der Waals surface area contributed by atoms with Crippen LogP contribution in [0.1, 0.15) is 22.1 Å². The fourth-order valence-electron chi connectivity index (χ4n) is 3.71. The molecule has 0 aliphatic carbocycles. The van der Waals surface area contributed by atoms with Crippen LogP contribution < -0.4 is 0 Å². The summed E-state index contributed by atoms with van der Waals surface area (Å²) in [7, 11) is 1.37. The fourth-order valence-corrected chi connectivity index (χ4v) is 4.75. The molecule has 0 saturated carbocycles. The number of esters is 1. The minimum absolute atomic E-state index is 0.0922. The van der Waals surface area contributed by atoms with Crippen molar-refractivity contribution in [2.24, 2.45) is 0 Å². The van der Waals surface area contributed by atoms with Crippen molar-refractivity contribution in [1.82, 2.24) is 14.8 Å². The van der Waals surface area contributed by atoms with E-state index in [4.69, 9.17) is 16.3 Å². The van der Waals surface area contributed by atoms with E-state index in [9.17, 15) is 9.59 Å². The number of rotatable bonds is 5. The molecule has 0 spiro atoms. The highest BCUT2D eigenvalue weighted by atomic mass is 35.5. The molecule has 0 bridgehead atoms. The summed E-state index contributed by atoms with van der Waals surface area (Å²) in [6.45, 7) is 2.06. The number of carbonyl (C=O) groups excluding carboxylic acids is 2. The van der Waals surface area contributed by atoms with Crippen LogP contribution in [0, 0.1) is 0 Å². The van der Waals surface area contributed by atoms with Crippen LogP contribution in [0.5, 0.6) is 0 Å². The molecule has 3 aromatic rings. The molecule has 0 radical (unpaired) electrons. The van der Waals surface area contributed by atoms with Gasteiger partial charge in [-0.3, -0.25) is 9.69 Å². The second-order valence-electron chi connectivity index (χ2n) is 7.18. The molecule has 1 aliphatic rings. The van der Waals surface area contributed by atoms with Crippen molar-refractivity contribution in [3.05, 3.63) is 76.3 Å². The molecule has 0 N–H and O–H groups in total. The zero-order chi connectivity index (χ0) is 21.8. The summed E-state index contributed by atoms with van der Waals surface area (Å²) in [5.74, 6) is -0.453. The fraction of sp³-hybridized carbons (Fsp3) is 0.261. The molecule has 4 rings (SSSR count). The van der Waals surface area contributed by atoms with Crippen molar-refractivity contribution in [1.29, 1.82) is 0 Å². The zero-order valence-corrected chi connectivity index (χ0v) is 18.6. The van der Waals surface area contributed by atoms with Crippen LogP contribution in [0.25, 0.3) is 10.6 Å². The number of nitrogens with zero attached hydrogens (tertiary/aromatic N) is 3. The number of aromatic nitrogens is 1. The predicted molar refractivity (Wildman–Crippen MR) is 121 cm³/mol. The van der Waals surface area contributed by atoms with Gasteiger partial charge in [0.15, 0.2) is 0 Å². The maximum absolute atomic E-state index is 13.0. The Labute approximate surface area is 190 Å². The molecule has 1 amide bonds. The first-order valence-corrected chi connectivity index (χ1v) is 11.2. The van der Waals surface area contributed by atoms with Gasteiger partial charge in [0.1, 0.15) is 16.7 Å². The van der Waals surface area contributed by atoms with Crippen LogP contribution in [0.15, 0.2) is 60.0 Å². The van der Waals surface area contributed by atoms with E-state index in [1.807, 2.05) is 53.4 Å². The number of ether oxygens (including phenoxy) is 1. The Morgan fingerprint density at radius 3 is 2.39 bits per heavy atom. The van der Waals surface area contributed by atoms with E-state index in [0.717, 1.165) is 10.6 Å². The third kappa shape index (κ3) is 4.63. The lowest BCUT2D eigenvalue weighted by Crippen LogP contribution is -2.51. The normalized spacial score (nSPS) is 15.5. The molecular formula is C23H22ClN3O3S. The Kier molecular flexibility index (Phi) is 6.65. The van der Waals surface area contributed by atoms with Gasteiger partial charge in [-0.15, -0.1) is 11.3 Å². The molecule has 2 heterocycles. The van der Waals surface area contributed by atoms with Crippen LogP contribution in [0.3, 0.4) is 0 Å². The average molecular weight is 456 g/mol. The molecule has 1 aromatic heterocycles. The zero-order valence-electron chi connectivity index (χ0n) is 17.0. The molecule has 1 saturated heterocycles. The van der Waals surface area contributed by atoms with Gasteiger partial charge in [-0.1, -0.05) is 60.1 Å². The number of hydrogen-bond donors (Lipinski definition) is 0. The minimum atomic E-state index is -0.597. The maximum Gasteiger partial charge on any atom is 0.327 e. The number of piperazine rings is 1. The number of amides is 1. The van der Waals surface area contributed by atoms with Crippen LogP contribution in [0.2, 0.25) is 5.02 Å². The van der Waals surface area contributed by atoms with Gasteiger partial charge in [0, 0.05) is 42.1 Å². The predicted octanol–water partition coefficient (Wildman–Crippen LogP) is 4.14. The molecule has 6 nitrogen and oxygen atoms in total. The molecule has 31 heavy (non-hydrogen) atoms. The summed E-state index contributed by atoms with van der Waals surface area (Å²) in [5.41, 5.74) is 2.16. The highest BCUT2D eigenvalue weighted by molar-refractivity contribution is 7.13. The minimum Gasteiger partial charge on any atom is -0.468 e. The van der Waals surface area contributed by atoms with E-state index >= 15 is 0 Å². The molecular weight excluding hydrogens is 434 g/mol. The molecule has 1 atom stereocenters. The van der Waals surface area contributed by atoms with E-state index in [1.165, 1.54) is 18.4 Å². The van der Waals surface area contributed by atoms with Gasteiger partial charge in [0.2, 0.25) is 0 Å². The first-order valence-electron chi connectivity index (χ1n) is 9.95. The van der Waals surface area contributed by atoms with Crippen molar-refractivity contribution in [2.45, 2.75) is 6.04 Å². The second kappa shape index (κ2) is 9.60. The van der Waals surface area contributed by atoms with E-state index in [1.54, 1.807) is 16.3 Å². The van der Waals surface area contributed by atoms with Gasteiger partial charge in [-0.05, 0) is 11.6 Å². The molecule has 0 unspecified atom stereocenters.